The second-order valence-electron chi connectivity index (χ2n) is 2.81. The van der Waals surface area contributed by atoms with Gasteiger partial charge < -0.3 is 4.90 Å². The fraction of sp³-hybridized carbons (Fsp3) is 0.750. The number of likely N-dealkylation sites (tertiary alicyclic amines) is 1. The molecule has 0 N–H and O–H groups in total. The van der Waals surface area contributed by atoms with Gasteiger partial charge in [-0.05, 0) is 12.8 Å². The number of carbonyl (C=O) groups excluding carboxylic acids is 2. The fourth-order valence-corrected chi connectivity index (χ4v) is 1.32. The van der Waals surface area contributed by atoms with E-state index in [-0.39, 0.29) is 12.5 Å². The molecule has 0 aromatic carbocycles. The van der Waals surface area contributed by atoms with Crippen LogP contribution in [0.3, 0.4) is 0 Å². The van der Waals surface area contributed by atoms with Crippen molar-refractivity contribution in [2.24, 2.45) is 4.99 Å². The molecule has 12 heavy (non-hydrogen) atoms. The van der Waals surface area contributed by atoms with Gasteiger partial charge >= 0.3 is 0 Å². The van der Waals surface area contributed by atoms with Crippen molar-refractivity contribution in [1.29, 1.82) is 0 Å². The van der Waals surface area contributed by atoms with Crippen LogP contribution in [-0.4, -0.2) is 36.5 Å². The smallest absolute Gasteiger partial charge is 0.234 e. The third kappa shape index (κ3) is 2.47. The van der Waals surface area contributed by atoms with Gasteiger partial charge in [0, 0.05) is 19.5 Å². The molecule has 0 unspecified atom stereocenters. The van der Waals surface area contributed by atoms with Gasteiger partial charge in [-0.15, -0.1) is 0 Å². The maximum Gasteiger partial charge on any atom is 0.234 e. The molecule has 4 nitrogen and oxygen atoms in total. The first kappa shape index (κ1) is 8.94. The van der Waals surface area contributed by atoms with E-state index in [9.17, 15) is 9.59 Å². The zero-order valence-electron chi connectivity index (χ0n) is 6.95. The second kappa shape index (κ2) is 4.67. The number of rotatable bonds is 3. The summed E-state index contributed by atoms with van der Waals surface area (Å²) in [6.45, 7) is 2.01. The van der Waals surface area contributed by atoms with Gasteiger partial charge in [-0.2, -0.15) is 0 Å². The van der Waals surface area contributed by atoms with Crippen molar-refractivity contribution in [3.63, 3.8) is 0 Å². The highest BCUT2D eigenvalue weighted by molar-refractivity contribution is 5.76. The molecule has 0 atom stereocenters. The largest absolute Gasteiger partial charge is 0.343 e. The van der Waals surface area contributed by atoms with Crippen molar-refractivity contribution in [1.82, 2.24) is 4.90 Å². The Morgan fingerprint density at radius 2 is 2.08 bits per heavy atom. The summed E-state index contributed by atoms with van der Waals surface area (Å²) in [7, 11) is 0. The second-order valence-corrected chi connectivity index (χ2v) is 2.81. The molecule has 0 aromatic rings. The number of isocyanates is 1. The van der Waals surface area contributed by atoms with E-state index in [4.69, 9.17) is 0 Å². The third-order valence-electron chi connectivity index (χ3n) is 1.96. The molecule has 1 aliphatic heterocycles. The Labute approximate surface area is 71.3 Å². The summed E-state index contributed by atoms with van der Waals surface area (Å²) >= 11 is 0. The van der Waals surface area contributed by atoms with Gasteiger partial charge in [0.2, 0.25) is 12.0 Å². The lowest BCUT2D eigenvalue weighted by Crippen LogP contribution is -2.27. The molecule has 0 bridgehead atoms. The summed E-state index contributed by atoms with van der Waals surface area (Å²) in [5.74, 6) is 0.103. The summed E-state index contributed by atoms with van der Waals surface area (Å²) in [4.78, 5) is 26.1. The average molecular weight is 168 g/mol. The number of carbonyl (C=O) groups is 1. The van der Waals surface area contributed by atoms with Gasteiger partial charge in [0.05, 0.1) is 6.54 Å². The minimum Gasteiger partial charge on any atom is -0.343 e. The Balaban J connectivity index is 2.22. The van der Waals surface area contributed by atoms with Crippen molar-refractivity contribution in [3.05, 3.63) is 0 Å². The zero-order valence-corrected chi connectivity index (χ0v) is 6.95. The zero-order chi connectivity index (χ0) is 8.81. The highest BCUT2D eigenvalue weighted by Crippen LogP contribution is 2.08. The quantitative estimate of drug-likeness (QED) is 0.450. The summed E-state index contributed by atoms with van der Waals surface area (Å²) in [6.07, 6.45) is 3.96. The van der Waals surface area contributed by atoms with Gasteiger partial charge in [-0.1, -0.05) is 0 Å². The van der Waals surface area contributed by atoms with E-state index in [1.807, 2.05) is 4.90 Å². The van der Waals surface area contributed by atoms with Crippen LogP contribution in [0.5, 0.6) is 0 Å². The van der Waals surface area contributed by atoms with Crippen LogP contribution >= 0.6 is 0 Å². The molecule has 1 fully saturated rings. The van der Waals surface area contributed by atoms with Crippen molar-refractivity contribution < 1.29 is 9.59 Å². The first-order chi connectivity index (χ1) is 5.84. The summed E-state index contributed by atoms with van der Waals surface area (Å²) in [5.41, 5.74) is 0. The number of amides is 1. The Kier molecular flexibility index (Phi) is 3.48. The number of hydrogen-bond acceptors (Lipinski definition) is 3. The summed E-state index contributed by atoms with van der Waals surface area (Å²) in [5, 5.41) is 0. The van der Waals surface area contributed by atoms with E-state index in [0.29, 0.717) is 6.42 Å². The number of nitrogens with zero attached hydrogens (tertiary/aromatic N) is 2. The van der Waals surface area contributed by atoms with Crippen LogP contribution in [0.2, 0.25) is 0 Å². The molecule has 66 valence electrons. The van der Waals surface area contributed by atoms with Crippen LogP contribution < -0.4 is 0 Å². The Morgan fingerprint density at radius 1 is 1.42 bits per heavy atom. The Hall–Kier alpha value is -1.15. The van der Waals surface area contributed by atoms with Crippen LogP contribution in [0.15, 0.2) is 4.99 Å². The van der Waals surface area contributed by atoms with E-state index >= 15 is 0 Å². The Bertz CT molecular complexity index is 203. The molecule has 0 spiro atoms. The lowest BCUT2D eigenvalue weighted by Gasteiger charge is -2.13. The molecule has 0 saturated carbocycles. The van der Waals surface area contributed by atoms with Gasteiger partial charge in [-0.25, -0.2) is 9.79 Å². The van der Waals surface area contributed by atoms with Crippen LogP contribution in [0.25, 0.3) is 0 Å². The van der Waals surface area contributed by atoms with E-state index in [1.165, 1.54) is 6.08 Å². The lowest BCUT2D eigenvalue weighted by atomic mass is 10.4. The molecular weight excluding hydrogens is 156 g/mol. The van der Waals surface area contributed by atoms with Crippen molar-refractivity contribution in [3.8, 4) is 0 Å². The monoisotopic (exact) mass is 168 g/mol. The molecule has 1 saturated heterocycles. The molecule has 0 radical (unpaired) electrons. The van der Waals surface area contributed by atoms with Crippen molar-refractivity contribution >= 4 is 12.0 Å². The van der Waals surface area contributed by atoms with Gasteiger partial charge in [-0.3, -0.25) is 4.79 Å². The topological polar surface area (TPSA) is 49.7 Å². The summed E-state index contributed by atoms with van der Waals surface area (Å²) < 4.78 is 0. The molecule has 4 heteroatoms. The molecule has 0 aromatic heterocycles. The number of hydrogen-bond donors (Lipinski definition) is 0. The molecule has 1 rings (SSSR count). The van der Waals surface area contributed by atoms with Gasteiger partial charge in [0.1, 0.15) is 0 Å². The third-order valence-corrected chi connectivity index (χ3v) is 1.96. The normalized spacial score (nSPS) is 15.8. The maximum absolute atomic E-state index is 11.3. The minimum atomic E-state index is 0.103. The minimum absolute atomic E-state index is 0.103. The predicted octanol–water partition coefficient (Wildman–Crippen LogP) is 0.335. The first-order valence-corrected chi connectivity index (χ1v) is 4.16. The summed E-state index contributed by atoms with van der Waals surface area (Å²) in [6, 6.07) is 0. The van der Waals surface area contributed by atoms with Crippen molar-refractivity contribution in [2.45, 2.75) is 19.3 Å². The molecular formula is C8H12N2O2. The van der Waals surface area contributed by atoms with Crippen LogP contribution in [-0.2, 0) is 9.59 Å². The maximum atomic E-state index is 11.3. The first-order valence-electron chi connectivity index (χ1n) is 4.16. The molecule has 1 aliphatic rings. The van der Waals surface area contributed by atoms with Crippen LogP contribution in [0.4, 0.5) is 0 Å². The standard InChI is InChI=1S/C8H12N2O2/c11-7-9-4-3-8(12)10-5-1-2-6-10/h1-6H2. The van der Waals surface area contributed by atoms with E-state index in [1.54, 1.807) is 0 Å². The molecule has 1 heterocycles. The highest BCUT2D eigenvalue weighted by Gasteiger charge is 2.16. The lowest BCUT2D eigenvalue weighted by molar-refractivity contribution is -0.129. The fourth-order valence-electron chi connectivity index (χ4n) is 1.32. The van der Waals surface area contributed by atoms with E-state index in [2.05, 4.69) is 4.99 Å². The SMILES string of the molecule is O=C=NCCC(=O)N1CCCC1. The van der Waals surface area contributed by atoms with Crippen LogP contribution in [0, 0.1) is 0 Å². The molecule has 1 amide bonds. The molecule has 0 aliphatic carbocycles. The Morgan fingerprint density at radius 3 is 2.67 bits per heavy atom. The van der Waals surface area contributed by atoms with Gasteiger partial charge in [0.15, 0.2) is 0 Å². The van der Waals surface area contributed by atoms with E-state index < -0.39 is 0 Å². The van der Waals surface area contributed by atoms with Gasteiger partial charge in [0.25, 0.3) is 0 Å². The predicted molar refractivity (Wildman–Crippen MR) is 43.4 cm³/mol. The van der Waals surface area contributed by atoms with Crippen molar-refractivity contribution in [2.75, 3.05) is 19.6 Å². The van der Waals surface area contributed by atoms with E-state index in [0.717, 1.165) is 25.9 Å². The van der Waals surface area contributed by atoms with Crippen LogP contribution in [0.1, 0.15) is 19.3 Å². The average Bonchev–Trinajstić information content (AvgIpc) is 2.56. The number of aliphatic imine (C=N–C) groups is 1. The highest BCUT2D eigenvalue weighted by atomic mass is 16.2.